The van der Waals surface area contributed by atoms with Gasteiger partial charge in [-0.15, -0.1) is 11.3 Å². The van der Waals surface area contributed by atoms with E-state index in [9.17, 15) is 0 Å². The zero-order chi connectivity index (χ0) is 17.6. The Balaban J connectivity index is 1.80. The maximum atomic E-state index is 3.23. The summed E-state index contributed by atoms with van der Waals surface area (Å²) in [6, 6.07) is 14.1. The number of fused-ring (bicyclic) bond motifs is 3. The summed E-state index contributed by atoms with van der Waals surface area (Å²) in [6.45, 7) is 2.26. The molecule has 25 heavy (non-hydrogen) atoms. The van der Waals surface area contributed by atoms with Crippen LogP contribution in [0.15, 0.2) is 36.4 Å². The Morgan fingerprint density at radius 2 is 1.44 bits per heavy atom. The van der Waals surface area contributed by atoms with Crippen molar-refractivity contribution in [3.05, 3.63) is 47.5 Å². The van der Waals surface area contributed by atoms with E-state index in [2.05, 4.69) is 60.7 Å². The molecule has 0 aliphatic heterocycles. The molecule has 2 aromatic carbocycles. The van der Waals surface area contributed by atoms with E-state index in [-0.39, 0.29) is 0 Å². The lowest BCUT2D eigenvalue weighted by Gasteiger charge is -2.09. The van der Waals surface area contributed by atoms with Gasteiger partial charge in [0.15, 0.2) is 0 Å². The highest BCUT2D eigenvalue weighted by Crippen LogP contribution is 2.35. The molecule has 1 aromatic heterocycles. The molecule has 0 aliphatic rings. The molecule has 1 heterocycles. The molecule has 3 rings (SSSR count). The van der Waals surface area contributed by atoms with Gasteiger partial charge in [-0.25, -0.2) is 0 Å². The molecular weight excluding hydrogens is 324 g/mol. The topological polar surface area (TPSA) is 15.3 Å². The van der Waals surface area contributed by atoms with Gasteiger partial charge < -0.3 is 10.2 Å². The Hall–Kier alpha value is -1.42. The van der Waals surface area contributed by atoms with Crippen LogP contribution in [0.5, 0.6) is 0 Å². The van der Waals surface area contributed by atoms with E-state index in [0.717, 1.165) is 19.5 Å². The highest BCUT2D eigenvalue weighted by molar-refractivity contribution is 7.25. The summed E-state index contributed by atoms with van der Waals surface area (Å²) in [5.74, 6) is 0. The number of nitrogens with zero attached hydrogens (tertiary/aromatic N) is 1. The number of thiophene rings is 1. The minimum absolute atomic E-state index is 1.11. The fourth-order valence-electron chi connectivity index (χ4n) is 3.41. The quantitative estimate of drug-likeness (QED) is 0.538. The summed E-state index contributed by atoms with van der Waals surface area (Å²) in [5, 5.41) is 6.12. The van der Waals surface area contributed by atoms with E-state index in [0.29, 0.717) is 0 Å². The van der Waals surface area contributed by atoms with Crippen LogP contribution in [0, 0.1) is 0 Å². The fraction of sp³-hybridized carbons (Fsp3) is 0.455. The zero-order valence-electron chi connectivity index (χ0n) is 15.8. The predicted octanol–water partition coefficient (Wildman–Crippen LogP) is 5.09. The molecule has 0 saturated carbocycles. The van der Waals surface area contributed by atoms with Crippen molar-refractivity contribution < 1.29 is 0 Å². The molecule has 0 spiro atoms. The first-order valence-corrected chi connectivity index (χ1v) is 10.2. The van der Waals surface area contributed by atoms with Gasteiger partial charge in [0, 0.05) is 20.2 Å². The molecule has 0 amide bonds. The van der Waals surface area contributed by atoms with E-state index in [1.165, 1.54) is 57.0 Å². The highest BCUT2D eigenvalue weighted by Gasteiger charge is 2.07. The molecular formula is C22H30N2S. The Morgan fingerprint density at radius 1 is 0.840 bits per heavy atom. The molecule has 3 heteroatoms. The molecule has 0 saturated heterocycles. The molecule has 0 fully saturated rings. The Morgan fingerprint density at radius 3 is 2.00 bits per heavy atom. The van der Waals surface area contributed by atoms with Gasteiger partial charge in [-0.2, -0.15) is 0 Å². The van der Waals surface area contributed by atoms with Crippen molar-refractivity contribution in [3.63, 3.8) is 0 Å². The van der Waals surface area contributed by atoms with Crippen molar-refractivity contribution in [3.8, 4) is 0 Å². The minimum Gasteiger partial charge on any atom is -0.320 e. The molecule has 0 atom stereocenters. The van der Waals surface area contributed by atoms with Crippen molar-refractivity contribution in [2.45, 2.75) is 32.1 Å². The van der Waals surface area contributed by atoms with E-state index in [4.69, 9.17) is 0 Å². The summed E-state index contributed by atoms with van der Waals surface area (Å²) in [6.07, 6.45) is 6.06. The van der Waals surface area contributed by atoms with Crippen molar-refractivity contribution in [1.82, 2.24) is 10.2 Å². The van der Waals surface area contributed by atoms with Gasteiger partial charge in [-0.1, -0.05) is 12.1 Å². The second kappa shape index (κ2) is 8.79. The third-order valence-corrected chi connectivity index (χ3v) is 5.96. The Bertz CT molecular complexity index is 819. The summed E-state index contributed by atoms with van der Waals surface area (Å²) in [7, 11) is 6.32. The number of benzene rings is 2. The molecule has 0 unspecified atom stereocenters. The highest BCUT2D eigenvalue weighted by atomic mass is 32.1. The number of nitrogens with one attached hydrogen (secondary N) is 1. The first kappa shape index (κ1) is 18.4. The largest absolute Gasteiger partial charge is 0.320 e. The van der Waals surface area contributed by atoms with Gasteiger partial charge in [0.1, 0.15) is 0 Å². The lowest BCUT2D eigenvalue weighted by Crippen LogP contribution is -2.13. The second-order valence-electron chi connectivity index (χ2n) is 7.23. The van der Waals surface area contributed by atoms with Crippen LogP contribution >= 0.6 is 11.3 Å². The molecule has 3 aromatic rings. The van der Waals surface area contributed by atoms with Crippen LogP contribution in [0.2, 0.25) is 0 Å². The normalized spacial score (nSPS) is 11.8. The minimum atomic E-state index is 1.11. The third-order valence-electron chi connectivity index (χ3n) is 4.81. The van der Waals surface area contributed by atoms with Gasteiger partial charge in [-0.3, -0.25) is 0 Å². The van der Waals surface area contributed by atoms with Crippen LogP contribution in [-0.2, 0) is 12.8 Å². The lowest BCUT2D eigenvalue weighted by molar-refractivity contribution is 0.400. The Labute approximate surface area is 155 Å². The van der Waals surface area contributed by atoms with Crippen LogP contribution in [0.25, 0.3) is 20.2 Å². The smallest absolute Gasteiger partial charge is 0.0355 e. The Kier molecular flexibility index (Phi) is 6.46. The molecule has 134 valence electrons. The first-order chi connectivity index (χ1) is 12.2. The maximum absolute atomic E-state index is 3.23. The summed E-state index contributed by atoms with van der Waals surface area (Å²) >= 11 is 1.92. The molecule has 2 nitrogen and oxygen atoms in total. The first-order valence-electron chi connectivity index (χ1n) is 9.41. The van der Waals surface area contributed by atoms with Crippen LogP contribution in [0.1, 0.15) is 30.4 Å². The van der Waals surface area contributed by atoms with Crippen LogP contribution in [-0.4, -0.2) is 39.1 Å². The van der Waals surface area contributed by atoms with Crippen molar-refractivity contribution in [1.29, 1.82) is 0 Å². The van der Waals surface area contributed by atoms with Gasteiger partial charge in [0.05, 0.1) is 0 Å². The van der Waals surface area contributed by atoms with Gasteiger partial charge in [0.25, 0.3) is 0 Å². The van der Waals surface area contributed by atoms with Gasteiger partial charge >= 0.3 is 0 Å². The molecule has 0 bridgehead atoms. The molecule has 0 aliphatic carbocycles. The number of rotatable bonds is 9. The maximum Gasteiger partial charge on any atom is 0.0355 e. The standard InChI is InChI=1S/C22H30N2S/c1-23-13-5-4-7-17-9-11-21-19(15-17)20-16-18(8-6-14-24(2)3)10-12-22(20)25-21/h9-12,15-16,23H,4-8,13-14H2,1-3H3. The predicted molar refractivity (Wildman–Crippen MR) is 113 cm³/mol. The fourth-order valence-corrected chi connectivity index (χ4v) is 4.48. The average Bonchev–Trinajstić information content (AvgIpc) is 2.96. The van der Waals surface area contributed by atoms with E-state index >= 15 is 0 Å². The van der Waals surface area contributed by atoms with Crippen molar-refractivity contribution >= 4 is 31.5 Å². The van der Waals surface area contributed by atoms with E-state index < -0.39 is 0 Å². The van der Waals surface area contributed by atoms with Crippen LogP contribution < -0.4 is 5.32 Å². The SMILES string of the molecule is CNCCCCc1ccc2sc3ccc(CCCN(C)C)cc3c2c1. The molecule has 1 N–H and O–H groups in total. The monoisotopic (exact) mass is 354 g/mol. The lowest BCUT2D eigenvalue weighted by atomic mass is 10.0. The zero-order valence-corrected chi connectivity index (χ0v) is 16.6. The average molecular weight is 355 g/mol. The van der Waals surface area contributed by atoms with Crippen molar-refractivity contribution in [2.75, 3.05) is 34.2 Å². The summed E-state index contributed by atoms with van der Waals surface area (Å²) in [4.78, 5) is 2.26. The third kappa shape index (κ3) is 4.81. The van der Waals surface area contributed by atoms with Crippen LogP contribution in [0.3, 0.4) is 0 Å². The van der Waals surface area contributed by atoms with Gasteiger partial charge in [0.2, 0.25) is 0 Å². The summed E-state index contributed by atoms with van der Waals surface area (Å²) in [5.41, 5.74) is 2.94. The van der Waals surface area contributed by atoms with E-state index in [1.807, 2.05) is 18.4 Å². The second-order valence-corrected chi connectivity index (χ2v) is 8.31. The van der Waals surface area contributed by atoms with Gasteiger partial charge in [-0.05, 0) is 102 Å². The van der Waals surface area contributed by atoms with Crippen LogP contribution in [0.4, 0.5) is 0 Å². The summed E-state index contributed by atoms with van der Waals surface area (Å²) < 4.78 is 2.83. The number of unbranched alkanes of at least 4 members (excludes halogenated alkanes) is 1. The molecule has 0 radical (unpaired) electrons. The number of aryl methyl sites for hydroxylation is 2. The van der Waals surface area contributed by atoms with Crippen molar-refractivity contribution in [2.24, 2.45) is 0 Å². The number of hydrogen-bond donors (Lipinski definition) is 1. The number of hydrogen-bond acceptors (Lipinski definition) is 3. The van der Waals surface area contributed by atoms with E-state index in [1.54, 1.807) is 0 Å².